The summed E-state index contributed by atoms with van der Waals surface area (Å²) in [6.07, 6.45) is 3.49. The van der Waals surface area contributed by atoms with Crippen LogP contribution in [0.1, 0.15) is 30.4 Å². The second-order valence-electron chi connectivity index (χ2n) is 6.27. The SMILES string of the molecule is Cc1ccc(NC(=O)NCC2(c3ccccc3)CCC2)cc1Br. The smallest absolute Gasteiger partial charge is 0.319 e. The van der Waals surface area contributed by atoms with Gasteiger partial charge in [-0.1, -0.05) is 58.7 Å². The molecule has 0 atom stereocenters. The summed E-state index contributed by atoms with van der Waals surface area (Å²) in [5.41, 5.74) is 3.37. The fraction of sp³-hybridized carbons (Fsp3) is 0.316. The van der Waals surface area contributed by atoms with Gasteiger partial charge in [0.25, 0.3) is 0 Å². The van der Waals surface area contributed by atoms with Crippen molar-refractivity contribution in [2.75, 3.05) is 11.9 Å². The largest absolute Gasteiger partial charge is 0.337 e. The highest BCUT2D eigenvalue weighted by molar-refractivity contribution is 9.10. The molecule has 120 valence electrons. The van der Waals surface area contributed by atoms with Gasteiger partial charge in [0.2, 0.25) is 0 Å². The number of carbonyl (C=O) groups excluding carboxylic acids is 1. The van der Waals surface area contributed by atoms with Crippen LogP contribution in [0.2, 0.25) is 0 Å². The van der Waals surface area contributed by atoms with E-state index in [0.717, 1.165) is 28.6 Å². The van der Waals surface area contributed by atoms with Crippen LogP contribution in [0.4, 0.5) is 10.5 Å². The van der Waals surface area contributed by atoms with E-state index in [1.807, 2.05) is 31.2 Å². The Morgan fingerprint density at radius 3 is 2.52 bits per heavy atom. The Hall–Kier alpha value is -1.81. The molecule has 1 aliphatic rings. The second kappa shape index (κ2) is 6.75. The van der Waals surface area contributed by atoms with Crippen molar-refractivity contribution in [2.45, 2.75) is 31.6 Å². The first kappa shape index (κ1) is 16.1. The number of rotatable bonds is 4. The minimum atomic E-state index is -0.150. The summed E-state index contributed by atoms with van der Waals surface area (Å²) in [5.74, 6) is 0. The maximum absolute atomic E-state index is 12.2. The molecular formula is C19H21BrN2O. The zero-order valence-corrected chi connectivity index (χ0v) is 14.8. The average molecular weight is 373 g/mol. The molecule has 4 heteroatoms. The molecule has 0 spiro atoms. The quantitative estimate of drug-likeness (QED) is 0.778. The number of carbonyl (C=O) groups is 1. The molecule has 0 bridgehead atoms. The molecule has 1 fully saturated rings. The van der Waals surface area contributed by atoms with Crippen LogP contribution in [0.25, 0.3) is 0 Å². The summed E-state index contributed by atoms with van der Waals surface area (Å²) in [5, 5.41) is 5.94. The molecule has 0 saturated heterocycles. The van der Waals surface area contributed by atoms with Crippen LogP contribution in [-0.4, -0.2) is 12.6 Å². The van der Waals surface area contributed by atoms with Gasteiger partial charge in [0.15, 0.2) is 0 Å². The fourth-order valence-corrected chi connectivity index (χ4v) is 3.44. The number of halogens is 1. The van der Waals surface area contributed by atoms with Crippen molar-refractivity contribution in [1.29, 1.82) is 0 Å². The van der Waals surface area contributed by atoms with E-state index in [4.69, 9.17) is 0 Å². The van der Waals surface area contributed by atoms with Crippen molar-refractivity contribution in [1.82, 2.24) is 5.32 Å². The van der Waals surface area contributed by atoms with Gasteiger partial charge in [-0.05, 0) is 43.0 Å². The summed E-state index contributed by atoms with van der Waals surface area (Å²) in [6, 6.07) is 16.2. The standard InChI is InChI=1S/C19H21BrN2O/c1-14-8-9-16(12-17(14)20)22-18(23)21-13-19(10-5-11-19)15-6-3-2-4-7-15/h2-4,6-9,12H,5,10-11,13H2,1H3,(H2,21,22,23). The van der Waals surface area contributed by atoms with Gasteiger partial charge in [-0.2, -0.15) is 0 Å². The van der Waals surface area contributed by atoms with E-state index in [-0.39, 0.29) is 11.4 Å². The summed E-state index contributed by atoms with van der Waals surface area (Å²) in [6.45, 7) is 2.70. The van der Waals surface area contributed by atoms with Gasteiger partial charge in [0.1, 0.15) is 0 Å². The predicted molar refractivity (Wildman–Crippen MR) is 97.9 cm³/mol. The van der Waals surface area contributed by atoms with Crippen molar-refractivity contribution in [3.8, 4) is 0 Å². The second-order valence-corrected chi connectivity index (χ2v) is 7.13. The predicted octanol–water partition coefficient (Wildman–Crippen LogP) is 5.00. The van der Waals surface area contributed by atoms with Crippen LogP contribution < -0.4 is 10.6 Å². The monoisotopic (exact) mass is 372 g/mol. The van der Waals surface area contributed by atoms with Gasteiger partial charge in [0, 0.05) is 22.1 Å². The first-order chi connectivity index (χ1) is 11.1. The first-order valence-corrected chi connectivity index (χ1v) is 8.75. The van der Waals surface area contributed by atoms with Crippen LogP contribution in [0.3, 0.4) is 0 Å². The normalized spacial score (nSPS) is 15.6. The lowest BCUT2D eigenvalue weighted by Crippen LogP contribution is -2.46. The molecule has 2 amide bonds. The van der Waals surface area contributed by atoms with E-state index in [9.17, 15) is 4.79 Å². The van der Waals surface area contributed by atoms with Gasteiger partial charge in [-0.3, -0.25) is 0 Å². The van der Waals surface area contributed by atoms with Crippen molar-refractivity contribution >= 4 is 27.6 Å². The third-order valence-corrected chi connectivity index (χ3v) is 5.57. The number of hydrogen-bond donors (Lipinski definition) is 2. The topological polar surface area (TPSA) is 41.1 Å². The Bertz CT molecular complexity index is 696. The van der Waals surface area contributed by atoms with Crippen molar-refractivity contribution in [3.05, 3.63) is 64.1 Å². The molecule has 0 aromatic heterocycles. The Morgan fingerprint density at radius 2 is 1.91 bits per heavy atom. The summed E-state index contributed by atoms with van der Waals surface area (Å²) in [7, 11) is 0. The molecule has 1 aliphatic carbocycles. The average Bonchev–Trinajstić information content (AvgIpc) is 2.51. The zero-order chi connectivity index (χ0) is 16.3. The number of nitrogens with one attached hydrogen (secondary N) is 2. The number of benzene rings is 2. The molecule has 2 aromatic carbocycles. The number of aryl methyl sites for hydroxylation is 1. The van der Waals surface area contributed by atoms with E-state index >= 15 is 0 Å². The first-order valence-electron chi connectivity index (χ1n) is 7.96. The Morgan fingerprint density at radius 1 is 1.17 bits per heavy atom. The summed E-state index contributed by atoms with van der Waals surface area (Å²) >= 11 is 3.49. The minimum Gasteiger partial charge on any atom is -0.337 e. The highest BCUT2D eigenvalue weighted by atomic mass is 79.9. The molecule has 1 saturated carbocycles. The van der Waals surface area contributed by atoms with E-state index < -0.39 is 0 Å². The van der Waals surface area contributed by atoms with Crippen molar-refractivity contribution < 1.29 is 4.79 Å². The van der Waals surface area contributed by atoms with Crippen LogP contribution >= 0.6 is 15.9 Å². The third-order valence-electron chi connectivity index (χ3n) is 4.71. The van der Waals surface area contributed by atoms with Gasteiger partial charge in [0.05, 0.1) is 0 Å². The lowest BCUT2D eigenvalue weighted by molar-refractivity contribution is 0.222. The van der Waals surface area contributed by atoms with E-state index in [1.165, 1.54) is 12.0 Å². The lowest BCUT2D eigenvalue weighted by atomic mass is 9.64. The van der Waals surface area contributed by atoms with Crippen molar-refractivity contribution in [3.63, 3.8) is 0 Å². The summed E-state index contributed by atoms with van der Waals surface area (Å²) in [4.78, 5) is 12.2. The van der Waals surface area contributed by atoms with Gasteiger partial charge in [-0.25, -0.2) is 4.79 Å². The molecule has 2 aromatic rings. The highest BCUT2D eigenvalue weighted by Crippen LogP contribution is 2.43. The Labute approximate surface area is 145 Å². The molecule has 23 heavy (non-hydrogen) atoms. The number of anilines is 1. The van der Waals surface area contributed by atoms with Gasteiger partial charge in [-0.15, -0.1) is 0 Å². The maximum Gasteiger partial charge on any atom is 0.319 e. The minimum absolute atomic E-state index is 0.104. The van der Waals surface area contributed by atoms with Crippen LogP contribution in [0.15, 0.2) is 53.0 Å². The number of amides is 2. The van der Waals surface area contributed by atoms with Gasteiger partial charge < -0.3 is 10.6 Å². The molecular weight excluding hydrogens is 352 g/mol. The maximum atomic E-state index is 12.2. The summed E-state index contributed by atoms with van der Waals surface area (Å²) < 4.78 is 0.995. The Kier molecular flexibility index (Phi) is 4.71. The number of hydrogen-bond acceptors (Lipinski definition) is 1. The van der Waals surface area contributed by atoms with Crippen LogP contribution in [-0.2, 0) is 5.41 Å². The van der Waals surface area contributed by atoms with Crippen LogP contribution in [0, 0.1) is 6.92 Å². The fourth-order valence-electron chi connectivity index (χ4n) is 3.06. The van der Waals surface area contributed by atoms with Gasteiger partial charge >= 0.3 is 6.03 Å². The van der Waals surface area contributed by atoms with Crippen molar-refractivity contribution in [2.24, 2.45) is 0 Å². The van der Waals surface area contributed by atoms with Crippen LogP contribution in [0.5, 0.6) is 0 Å². The number of urea groups is 1. The molecule has 0 unspecified atom stereocenters. The molecule has 0 aliphatic heterocycles. The van der Waals surface area contributed by atoms with E-state index in [0.29, 0.717) is 6.54 Å². The van der Waals surface area contributed by atoms with E-state index in [1.54, 1.807) is 0 Å². The molecule has 3 nitrogen and oxygen atoms in total. The highest BCUT2D eigenvalue weighted by Gasteiger charge is 2.38. The Balaban J connectivity index is 1.61. The zero-order valence-electron chi connectivity index (χ0n) is 13.2. The third kappa shape index (κ3) is 3.58. The molecule has 0 heterocycles. The lowest BCUT2D eigenvalue weighted by Gasteiger charge is -2.42. The molecule has 0 radical (unpaired) electrons. The molecule has 3 rings (SSSR count). The van der Waals surface area contributed by atoms with E-state index in [2.05, 4.69) is 50.8 Å². The molecule has 2 N–H and O–H groups in total.